The second-order valence-corrected chi connectivity index (χ2v) is 1.59. The van der Waals surface area contributed by atoms with E-state index in [1.165, 1.54) is 0 Å². The number of rotatable bonds is 3. The average molecular weight is 172 g/mol. The van der Waals surface area contributed by atoms with Crippen LogP contribution in [0.4, 0.5) is 0 Å². The van der Waals surface area contributed by atoms with Gasteiger partial charge in [0.15, 0.2) is 0 Å². The van der Waals surface area contributed by atoms with Crippen LogP contribution in [0.2, 0.25) is 0 Å². The molecule has 0 aliphatic carbocycles. The van der Waals surface area contributed by atoms with Crippen LogP contribution in [0.15, 0.2) is 0 Å². The van der Waals surface area contributed by atoms with Gasteiger partial charge in [-0.05, 0) is 0 Å². The molecule has 0 saturated heterocycles. The van der Waals surface area contributed by atoms with E-state index in [0.29, 0.717) is 0 Å². The Labute approximate surface area is 101 Å². The van der Waals surface area contributed by atoms with E-state index in [-0.39, 0.29) is 51.4 Å². The van der Waals surface area contributed by atoms with Gasteiger partial charge in [0, 0.05) is 0 Å². The molecule has 0 heterocycles. The van der Waals surface area contributed by atoms with Crippen molar-refractivity contribution in [3.63, 3.8) is 0 Å². The van der Waals surface area contributed by atoms with Gasteiger partial charge < -0.3 is 16.6 Å². The number of amides is 2. The first-order valence-corrected chi connectivity index (χ1v) is 2.29. The van der Waals surface area contributed by atoms with Crippen LogP contribution >= 0.6 is 0 Å². The summed E-state index contributed by atoms with van der Waals surface area (Å²) < 4.78 is 0. The molecular weight excluding hydrogens is 163 g/mol. The van der Waals surface area contributed by atoms with E-state index in [0.717, 1.165) is 0 Å². The van der Waals surface area contributed by atoms with Crippen LogP contribution < -0.4 is 11.5 Å². The molecule has 0 spiro atoms. The topological polar surface area (TPSA) is 106 Å². The van der Waals surface area contributed by atoms with Gasteiger partial charge in [0.05, 0.1) is 6.42 Å². The quantitative estimate of drug-likeness (QED) is 0.396. The first-order valence-electron chi connectivity index (χ1n) is 2.29. The zero-order valence-electron chi connectivity index (χ0n) is 4.70. The van der Waals surface area contributed by atoms with E-state index in [9.17, 15) is 9.59 Å². The van der Waals surface area contributed by atoms with E-state index < -0.39 is 24.3 Å². The second kappa shape index (κ2) is 6.26. The summed E-state index contributed by atoms with van der Waals surface area (Å²) in [5.41, 5.74) is 9.21. The van der Waals surface area contributed by atoms with E-state index in [4.69, 9.17) is 5.11 Å². The van der Waals surface area contributed by atoms with Crippen molar-refractivity contribution in [1.82, 2.24) is 0 Å². The summed E-state index contributed by atoms with van der Waals surface area (Å²) in [4.78, 5) is 20.0. The van der Waals surface area contributed by atoms with Gasteiger partial charge in [-0.1, -0.05) is 0 Å². The number of carbonyl (C=O) groups is 2. The van der Waals surface area contributed by atoms with E-state index in [1.807, 2.05) is 0 Å². The molecule has 6 heteroatoms. The standard InChI is InChI=1S/C4H8N2O3.K.H/c5-3(8)1-2(7)4(6)9;;/h2,7H,1H2,(H2,5,8)(H2,6,9);;. The molecule has 5 nitrogen and oxygen atoms in total. The van der Waals surface area contributed by atoms with Crippen molar-refractivity contribution < 1.29 is 14.7 Å². The van der Waals surface area contributed by atoms with Crippen LogP contribution in [0.3, 0.4) is 0 Å². The summed E-state index contributed by atoms with van der Waals surface area (Å²) in [6.45, 7) is 0. The molecule has 0 aliphatic heterocycles. The van der Waals surface area contributed by atoms with Crippen LogP contribution in [0.1, 0.15) is 6.42 Å². The Morgan fingerprint density at radius 3 is 1.90 bits per heavy atom. The Morgan fingerprint density at radius 1 is 1.40 bits per heavy atom. The third-order valence-corrected chi connectivity index (χ3v) is 0.723. The average Bonchev–Trinajstić information content (AvgIpc) is 1.63. The van der Waals surface area contributed by atoms with Gasteiger partial charge in [0.25, 0.3) is 0 Å². The molecule has 10 heavy (non-hydrogen) atoms. The van der Waals surface area contributed by atoms with Crippen LogP contribution in [0.25, 0.3) is 0 Å². The van der Waals surface area contributed by atoms with Crippen molar-refractivity contribution in [3.05, 3.63) is 0 Å². The molecule has 0 radical (unpaired) electrons. The molecule has 54 valence electrons. The first-order chi connectivity index (χ1) is 4.04. The number of primary amides is 2. The predicted octanol–water partition coefficient (Wildman–Crippen LogP) is -2.94. The summed E-state index contributed by atoms with van der Waals surface area (Å²) >= 11 is 0. The Bertz CT molecular complexity index is 138. The third kappa shape index (κ3) is 6.65. The van der Waals surface area contributed by atoms with Crippen molar-refractivity contribution in [3.8, 4) is 0 Å². The van der Waals surface area contributed by atoms with Gasteiger partial charge in [-0.25, -0.2) is 0 Å². The van der Waals surface area contributed by atoms with Crippen LogP contribution in [0.5, 0.6) is 0 Å². The molecular formula is C4H9KN2O3. The van der Waals surface area contributed by atoms with Gasteiger partial charge in [-0.15, -0.1) is 0 Å². The number of hydrogen-bond acceptors (Lipinski definition) is 3. The molecule has 0 aromatic carbocycles. The fourth-order valence-electron chi connectivity index (χ4n) is 0.291. The van der Waals surface area contributed by atoms with Crippen LogP contribution in [0, 0.1) is 0 Å². The molecule has 0 aliphatic rings. The minimum atomic E-state index is -1.44. The minimum absolute atomic E-state index is 0. The third-order valence-electron chi connectivity index (χ3n) is 0.723. The Morgan fingerprint density at radius 2 is 1.80 bits per heavy atom. The Hall–Kier alpha value is 0.536. The summed E-state index contributed by atoms with van der Waals surface area (Å²) in [7, 11) is 0. The van der Waals surface area contributed by atoms with Gasteiger partial charge >= 0.3 is 51.4 Å². The number of carbonyl (C=O) groups excluding carboxylic acids is 2. The monoisotopic (exact) mass is 172 g/mol. The van der Waals surface area contributed by atoms with E-state index in [1.54, 1.807) is 0 Å². The molecule has 0 bridgehead atoms. The van der Waals surface area contributed by atoms with Crippen molar-refractivity contribution in [2.24, 2.45) is 11.5 Å². The number of hydrogen-bond donors (Lipinski definition) is 3. The molecule has 0 aromatic heterocycles. The van der Waals surface area contributed by atoms with Crippen molar-refractivity contribution in [2.75, 3.05) is 0 Å². The van der Waals surface area contributed by atoms with Crippen molar-refractivity contribution in [2.45, 2.75) is 12.5 Å². The van der Waals surface area contributed by atoms with Crippen molar-refractivity contribution in [1.29, 1.82) is 0 Å². The van der Waals surface area contributed by atoms with Gasteiger partial charge in [0.2, 0.25) is 11.8 Å². The molecule has 0 rings (SSSR count). The maximum absolute atomic E-state index is 10.00. The van der Waals surface area contributed by atoms with Crippen LogP contribution in [-0.2, 0) is 9.59 Å². The van der Waals surface area contributed by atoms with E-state index >= 15 is 0 Å². The number of aliphatic hydroxyl groups excluding tert-OH is 1. The van der Waals surface area contributed by atoms with E-state index in [2.05, 4.69) is 11.5 Å². The van der Waals surface area contributed by atoms with Crippen molar-refractivity contribution >= 4 is 63.2 Å². The number of nitrogens with two attached hydrogens (primary N) is 2. The maximum atomic E-state index is 10.00. The Kier molecular flexibility index (Phi) is 8.23. The zero-order valence-corrected chi connectivity index (χ0v) is 4.70. The summed E-state index contributed by atoms with van der Waals surface area (Å²) in [6, 6.07) is 0. The van der Waals surface area contributed by atoms with Gasteiger partial charge in [-0.2, -0.15) is 0 Å². The first kappa shape index (κ1) is 13.1. The fraction of sp³-hybridized carbons (Fsp3) is 0.500. The number of aliphatic hydroxyl groups is 1. The SMILES string of the molecule is NC(=O)CC(O)C(N)=O.[KH]. The predicted molar refractivity (Wildman–Crippen MR) is 36.2 cm³/mol. The second-order valence-electron chi connectivity index (χ2n) is 1.59. The van der Waals surface area contributed by atoms with Gasteiger partial charge in [0.1, 0.15) is 6.10 Å². The molecule has 0 fully saturated rings. The van der Waals surface area contributed by atoms with Crippen LogP contribution in [-0.4, -0.2) is 74.4 Å². The molecule has 5 N–H and O–H groups in total. The summed E-state index contributed by atoms with van der Waals surface area (Å²) in [5.74, 6) is -1.69. The molecule has 0 aromatic rings. The Balaban J connectivity index is 0. The van der Waals surface area contributed by atoms with Gasteiger partial charge in [-0.3, -0.25) is 9.59 Å². The fourth-order valence-corrected chi connectivity index (χ4v) is 0.291. The molecule has 1 atom stereocenters. The molecule has 1 unspecified atom stereocenters. The summed E-state index contributed by atoms with van der Waals surface area (Å²) in [5, 5.41) is 8.52. The molecule has 0 saturated carbocycles. The zero-order chi connectivity index (χ0) is 7.44. The normalized spacial score (nSPS) is 11.3. The molecule has 2 amide bonds. The summed E-state index contributed by atoms with van der Waals surface area (Å²) in [6.07, 6.45) is -1.85.